The molecule has 8 heteroatoms. The molecule has 0 radical (unpaired) electrons. The molecule has 0 amide bonds. The second kappa shape index (κ2) is 6.67. The fraction of sp³-hybridized carbons (Fsp3) is 0.846. The second-order valence-electron chi connectivity index (χ2n) is 6.50. The van der Waals surface area contributed by atoms with Crippen molar-refractivity contribution in [2.45, 2.75) is 40.6 Å². The minimum Gasteiger partial charge on any atom is -0.415 e. The van der Waals surface area contributed by atoms with Gasteiger partial charge in [-0.25, -0.2) is 0 Å². The lowest BCUT2D eigenvalue weighted by atomic mass is 10.1. The topological polar surface area (TPSA) is 56.8 Å². The van der Waals surface area contributed by atoms with E-state index in [0.29, 0.717) is 12.5 Å². The minimum absolute atomic E-state index is 0.0518. The fourth-order valence-electron chi connectivity index (χ4n) is 2.62. The van der Waals surface area contributed by atoms with Gasteiger partial charge in [-0.2, -0.15) is 10.5 Å². The predicted molar refractivity (Wildman–Crippen MR) is 95.3 cm³/mol. The third kappa shape index (κ3) is 4.37. The largest absolute Gasteiger partial charge is 0.415 e. The first-order valence-electron chi connectivity index (χ1n) is 6.53. The van der Waals surface area contributed by atoms with Crippen LogP contribution < -0.4 is 0 Å². The Balaban J connectivity index is 2.70. The van der Waals surface area contributed by atoms with Gasteiger partial charge in [-0.05, 0) is 46.3 Å². The molecule has 1 fully saturated rings. The van der Waals surface area contributed by atoms with Gasteiger partial charge in [0.1, 0.15) is 5.54 Å². The van der Waals surface area contributed by atoms with Crippen LogP contribution >= 0.6 is 55.1 Å². The average Bonchev–Trinajstić information content (AvgIpc) is 2.87. The molecule has 0 aromatic heterocycles. The van der Waals surface area contributed by atoms with E-state index in [4.69, 9.17) is 38.2 Å². The number of rotatable bonds is 6. The Morgan fingerprint density at radius 3 is 2.19 bits per heavy atom. The van der Waals surface area contributed by atoms with Gasteiger partial charge in [-0.1, -0.05) is 53.0 Å². The summed E-state index contributed by atoms with van der Waals surface area (Å²) in [4.78, 5) is -0.107. The predicted octanol–water partition coefficient (Wildman–Crippen LogP) is 5.19. The van der Waals surface area contributed by atoms with Crippen LogP contribution in [0.4, 0.5) is 0 Å². The van der Waals surface area contributed by atoms with Crippen molar-refractivity contribution >= 4 is 63.4 Å². The molecule has 1 saturated carbocycles. The first kappa shape index (κ1) is 19.7. The lowest BCUT2D eigenvalue weighted by Gasteiger charge is -2.24. The van der Waals surface area contributed by atoms with Crippen molar-refractivity contribution in [3.8, 4) is 12.1 Å². The number of halogens is 4. The third-order valence-electron chi connectivity index (χ3n) is 4.36. The summed E-state index contributed by atoms with van der Waals surface area (Å²) in [5.41, 5.74) is -0.607. The monoisotopic (exact) mass is 474 g/mol. The minimum atomic E-state index is -2.34. The van der Waals surface area contributed by atoms with Gasteiger partial charge in [-0.3, -0.25) is 0 Å². The summed E-state index contributed by atoms with van der Waals surface area (Å²) in [6.45, 7) is 8.62. The van der Waals surface area contributed by atoms with Gasteiger partial charge < -0.3 is 4.43 Å². The van der Waals surface area contributed by atoms with Crippen molar-refractivity contribution in [2.24, 2.45) is 17.3 Å². The number of nitrogens with zero attached hydrogens (tertiary/aromatic N) is 2. The molecule has 0 N–H and O–H groups in total. The van der Waals surface area contributed by atoms with Crippen LogP contribution in [0, 0.1) is 39.9 Å². The van der Waals surface area contributed by atoms with Gasteiger partial charge in [0, 0.05) is 6.61 Å². The van der Waals surface area contributed by atoms with Crippen LogP contribution in [0.25, 0.3) is 0 Å². The molecular formula is C13H18Br2Cl2N2OSi. The first-order chi connectivity index (χ1) is 9.39. The summed E-state index contributed by atoms with van der Waals surface area (Å²) in [6.07, 6.45) is 0. The maximum absolute atomic E-state index is 9.03. The summed E-state index contributed by atoms with van der Waals surface area (Å²) in [5, 5.41) is 18.1. The van der Waals surface area contributed by atoms with E-state index in [1.165, 1.54) is 0 Å². The van der Waals surface area contributed by atoms with E-state index < -0.39 is 17.1 Å². The van der Waals surface area contributed by atoms with E-state index in [-0.39, 0.29) is 16.2 Å². The molecule has 1 aliphatic carbocycles. The quantitative estimate of drug-likeness (QED) is 0.391. The molecule has 0 aliphatic heterocycles. The van der Waals surface area contributed by atoms with Gasteiger partial charge in [0.05, 0.1) is 17.0 Å². The van der Waals surface area contributed by atoms with Gasteiger partial charge in [0.2, 0.25) is 8.32 Å². The zero-order chi connectivity index (χ0) is 16.6. The van der Waals surface area contributed by atoms with E-state index >= 15 is 0 Å². The molecule has 1 rings (SSSR count). The number of alkyl halides is 4. The smallest absolute Gasteiger partial charge is 0.219 e. The molecule has 0 heterocycles. The van der Waals surface area contributed by atoms with Crippen LogP contribution in [0.3, 0.4) is 0 Å². The van der Waals surface area contributed by atoms with Crippen molar-refractivity contribution < 1.29 is 4.43 Å². The van der Waals surface area contributed by atoms with Crippen LogP contribution in [-0.2, 0) is 4.43 Å². The molecular weight excluding hydrogens is 459 g/mol. The Labute approximate surface area is 154 Å². The van der Waals surface area contributed by atoms with E-state index in [2.05, 4.69) is 45.7 Å². The first-order valence-corrected chi connectivity index (χ1v) is 12.0. The van der Waals surface area contributed by atoms with Crippen molar-refractivity contribution in [3.63, 3.8) is 0 Å². The average molecular weight is 477 g/mol. The summed E-state index contributed by atoms with van der Waals surface area (Å²) in [5.74, 6) is 0.556. The third-order valence-corrected chi connectivity index (χ3v) is 10.3. The SMILES string of the molecule is CC1(C)C(CO[Si](C)(C)C(C#N)C#N)C1C(Br)C(Cl)(Cl)Br. The summed E-state index contributed by atoms with van der Waals surface area (Å²) >= 11 is 19.1. The highest BCUT2D eigenvalue weighted by Gasteiger charge is 2.63. The highest BCUT2D eigenvalue weighted by molar-refractivity contribution is 9.13. The highest BCUT2D eigenvalue weighted by atomic mass is 79.9. The lowest BCUT2D eigenvalue weighted by molar-refractivity contribution is 0.267. The van der Waals surface area contributed by atoms with E-state index in [0.717, 1.165) is 0 Å². The zero-order valence-electron chi connectivity index (χ0n) is 12.3. The number of hydrogen-bond donors (Lipinski definition) is 0. The zero-order valence-corrected chi connectivity index (χ0v) is 18.0. The Morgan fingerprint density at radius 1 is 1.33 bits per heavy atom. The fourth-order valence-corrected chi connectivity index (χ4v) is 5.62. The Morgan fingerprint density at radius 2 is 1.81 bits per heavy atom. The van der Waals surface area contributed by atoms with Gasteiger partial charge >= 0.3 is 0 Å². The molecule has 118 valence electrons. The lowest BCUT2D eigenvalue weighted by Crippen LogP contribution is -2.36. The standard InChI is InChI=1S/C13H18Br2Cl2N2OSi/c1-12(2)9(10(12)11(14)13(15,16)17)7-20-21(3,4)8(5-18)6-19/h8-11H,7H2,1-4H3. The molecule has 0 saturated heterocycles. The molecule has 0 aromatic rings. The van der Waals surface area contributed by atoms with Crippen LogP contribution in [-0.4, -0.2) is 23.0 Å². The van der Waals surface area contributed by atoms with Crippen LogP contribution in [0.2, 0.25) is 18.6 Å². The Bertz CT molecular complexity index is 468. The molecule has 0 spiro atoms. The maximum atomic E-state index is 9.03. The van der Waals surface area contributed by atoms with Crippen molar-refractivity contribution in [1.82, 2.24) is 0 Å². The van der Waals surface area contributed by atoms with Crippen molar-refractivity contribution in [3.05, 3.63) is 0 Å². The molecule has 0 bridgehead atoms. The highest BCUT2D eigenvalue weighted by Crippen LogP contribution is 2.65. The van der Waals surface area contributed by atoms with Gasteiger partial charge in [0.15, 0.2) is 3.24 Å². The Kier molecular flexibility index (Phi) is 6.27. The van der Waals surface area contributed by atoms with Crippen LogP contribution in [0.5, 0.6) is 0 Å². The normalized spacial score (nSPS) is 26.0. The number of nitriles is 2. The summed E-state index contributed by atoms with van der Waals surface area (Å²) in [7, 11) is -2.34. The molecule has 3 unspecified atom stereocenters. The van der Waals surface area contributed by atoms with Crippen LogP contribution in [0.15, 0.2) is 0 Å². The molecule has 3 nitrogen and oxygen atoms in total. The second-order valence-corrected chi connectivity index (χ2v) is 15.1. The maximum Gasteiger partial charge on any atom is 0.219 e. The molecule has 1 aliphatic rings. The van der Waals surface area contributed by atoms with E-state index in [9.17, 15) is 0 Å². The van der Waals surface area contributed by atoms with Crippen molar-refractivity contribution in [2.75, 3.05) is 6.61 Å². The number of hydrogen-bond acceptors (Lipinski definition) is 3. The molecule has 0 aromatic carbocycles. The van der Waals surface area contributed by atoms with Crippen LogP contribution in [0.1, 0.15) is 13.8 Å². The summed E-state index contributed by atoms with van der Waals surface area (Å²) in [6, 6.07) is 4.06. The van der Waals surface area contributed by atoms with Gasteiger partial charge in [-0.15, -0.1) is 0 Å². The van der Waals surface area contributed by atoms with E-state index in [1.807, 2.05) is 25.2 Å². The Hall–Kier alpha value is 0.697. The summed E-state index contributed by atoms with van der Waals surface area (Å²) < 4.78 is 4.97. The van der Waals surface area contributed by atoms with E-state index in [1.54, 1.807) is 0 Å². The molecule has 3 atom stereocenters. The van der Waals surface area contributed by atoms with Crippen molar-refractivity contribution in [1.29, 1.82) is 10.5 Å². The molecule has 21 heavy (non-hydrogen) atoms. The van der Waals surface area contributed by atoms with Gasteiger partial charge in [0.25, 0.3) is 0 Å².